The third-order valence-corrected chi connectivity index (χ3v) is 4.95. The molecule has 0 N–H and O–H groups in total. The quantitative estimate of drug-likeness (QED) is 0.716. The monoisotopic (exact) mass is 350 g/mol. The number of nitrogens with zero attached hydrogens (tertiary/aromatic N) is 6. The van der Waals surface area contributed by atoms with E-state index in [2.05, 4.69) is 31.7 Å². The number of fused-ring (bicyclic) bond motifs is 1. The Hall–Kier alpha value is -2.96. The van der Waals surface area contributed by atoms with Gasteiger partial charge in [0.05, 0.1) is 0 Å². The standard InChI is InChI=1S/C19H22N6O/c1-3-15-14(2)20-13-21-19(15)24-10-8-23(9-11-24)17-12-18(26)25-7-5-4-6-16(25)22-17/h4-7,12-13H,3,8-11H2,1-2H3. The molecule has 0 aromatic carbocycles. The Bertz CT molecular complexity index is 991. The highest BCUT2D eigenvalue weighted by Crippen LogP contribution is 2.22. The van der Waals surface area contributed by atoms with Crippen molar-refractivity contribution >= 4 is 17.3 Å². The maximum Gasteiger partial charge on any atom is 0.259 e. The van der Waals surface area contributed by atoms with Crippen molar-refractivity contribution in [3.63, 3.8) is 0 Å². The zero-order valence-electron chi connectivity index (χ0n) is 15.1. The highest BCUT2D eigenvalue weighted by Gasteiger charge is 2.22. The molecule has 0 aliphatic carbocycles. The summed E-state index contributed by atoms with van der Waals surface area (Å²) in [5.74, 6) is 1.78. The Morgan fingerprint density at radius 1 is 1.08 bits per heavy atom. The van der Waals surface area contributed by atoms with Crippen LogP contribution < -0.4 is 15.4 Å². The van der Waals surface area contributed by atoms with Gasteiger partial charge in [-0.25, -0.2) is 15.0 Å². The first kappa shape index (κ1) is 16.5. The van der Waals surface area contributed by atoms with Crippen LogP contribution >= 0.6 is 0 Å². The summed E-state index contributed by atoms with van der Waals surface area (Å²) in [4.78, 5) is 30.3. The van der Waals surface area contributed by atoms with Crippen LogP contribution in [0.3, 0.4) is 0 Å². The van der Waals surface area contributed by atoms with E-state index in [9.17, 15) is 4.79 Å². The fourth-order valence-electron chi connectivity index (χ4n) is 3.52. The minimum Gasteiger partial charge on any atom is -0.353 e. The lowest BCUT2D eigenvalue weighted by Crippen LogP contribution is -2.47. The highest BCUT2D eigenvalue weighted by molar-refractivity contribution is 5.52. The highest BCUT2D eigenvalue weighted by atomic mass is 16.1. The third kappa shape index (κ3) is 2.89. The van der Waals surface area contributed by atoms with E-state index in [4.69, 9.17) is 0 Å². The van der Waals surface area contributed by atoms with Crippen molar-refractivity contribution in [3.05, 3.63) is 58.4 Å². The van der Waals surface area contributed by atoms with Gasteiger partial charge in [0.2, 0.25) is 0 Å². The molecule has 7 heteroatoms. The van der Waals surface area contributed by atoms with E-state index in [1.54, 1.807) is 23.0 Å². The van der Waals surface area contributed by atoms with Gasteiger partial charge in [-0.2, -0.15) is 0 Å². The lowest BCUT2D eigenvalue weighted by Gasteiger charge is -2.36. The Labute approximate surface area is 152 Å². The zero-order chi connectivity index (χ0) is 18.1. The largest absolute Gasteiger partial charge is 0.353 e. The Balaban J connectivity index is 1.56. The van der Waals surface area contributed by atoms with Crippen LogP contribution in [-0.2, 0) is 6.42 Å². The molecule has 1 saturated heterocycles. The molecule has 0 unspecified atom stereocenters. The molecule has 0 radical (unpaired) electrons. The molecule has 1 aliphatic rings. The molecule has 1 aliphatic heterocycles. The smallest absolute Gasteiger partial charge is 0.259 e. The van der Waals surface area contributed by atoms with Crippen LogP contribution in [0.4, 0.5) is 11.6 Å². The average Bonchev–Trinajstić information content (AvgIpc) is 2.68. The van der Waals surface area contributed by atoms with Crippen LogP contribution in [0.2, 0.25) is 0 Å². The summed E-state index contributed by atoms with van der Waals surface area (Å²) in [6.45, 7) is 7.48. The lowest BCUT2D eigenvalue weighted by atomic mass is 10.1. The molecule has 4 heterocycles. The van der Waals surface area contributed by atoms with E-state index in [-0.39, 0.29) is 5.56 Å². The van der Waals surface area contributed by atoms with E-state index < -0.39 is 0 Å². The maximum atomic E-state index is 12.3. The first-order valence-corrected chi connectivity index (χ1v) is 8.96. The molecule has 0 amide bonds. The number of aryl methyl sites for hydroxylation is 1. The van der Waals surface area contributed by atoms with E-state index in [0.717, 1.165) is 49.9 Å². The lowest BCUT2D eigenvalue weighted by molar-refractivity contribution is 0.637. The molecular formula is C19H22N6O. The van der Waals surface area contributed by atoms with E-state index in [1.807, 2.05) is 25.1 Å². The van der Waals surface area contributed by atoms with Gasteiger partial charge in [0.1, 0.15) is 23.6 Å². The summed E-state index contributed by atoms with van der Waals surface area (Å²) in [6, 6.07) is 7.21. The van der Waals surface area contributed by atoms with Crippen molar-refractivity contribution in [2.24, 2.45) is 0 Å². The molecule has 0 spiro atoms. The van der Waals surface area contributed by atoms with Crippen LogP contribution in [0.1, 0.15) is 18.2 Å². The molecule has 0 atom stereocenters. The van der Waals surface area contributed by atoms with Crippen molar-refractivity contribution < 1.29 is 0 Å². The van der Waals surface area contributed by atoms with Gasteiger partial charge in [-0.15, -0.1) is 0 Å². The van der Waals surface area contributed by atoms with Gasteiger partial charge in [-0.05, 0) is 25.5 Å². The van der Waals surface area contributed by atoms with Crippen LogP contribution in [0.5, 0.6) is 0 Å². The Morgan fingerprint density at radius 2 is 1.85 bits per heavy atom. The van der Waals surface area contributed by atoms with Crippen LogP contribution in [-0.4, -0.2) is 45.5 Å². The van der Waals surface area contributed by atoms with Gasteiger partial charge in [0.15, 0.2) is 0 Å². The van der Waals surface area contributed by atoms with Crippen molar-refractivity contribution in [2.45, 2.75) is 20.3 Å². The number of piperazine rings is 1. The summed E-state index contributed by atoms with van der Waals surface area (Å²) >= 11 is 0. The molecule has 4 rings (SSSR count). The molecule has 1 fully saturated rings. The Morgan fingerprint density at radius 3 is 2.62 bits per heavy atom. The Kier molecular flexibility index (Phi) is 4.28. The van der Waals surface area contributed by atoms with Crippen LogP contribution in [0.25, 0.3) is 5.65 Å². The fourth-order valence-corrected chi connectivity index (χ4v) is 3.52. The van der Waals surface area contributed by atoms with Gasteiger partial charge in [0.25, 0.3) is 5.56 Å². The van der Waals surface area contributed by atoms with Crippen LogP contribution in [0.15, 0.2) is 41.6 Å². The second-order valence-electron chi connectivity index (χ2n) is 6.47. The second kappa shape index (κ2) is 6.74. The fraction of sp³-hybridized carbons (Fsp3) is 0.368. The van der Waals surface area contributed by atoms with Gasteiger partial charge >= 0.3 is 0 Å². The molecule has 3 aromatic heterocycles. The van der Waals surface area contributed by atoms with Gasteiger partial charge in [-0.3, -0.25) is 9.20 Å². The summed E-state index contributed by atoms with van der Waals surface area (Å²) in [7, 11) is 0. The van der Waals surface area contributed by atoms with E-state index >= 15 is 0 Å². The number of hydrogen-bond acceptors (Lipinski definition) is 6. The maximum absolute atomic E-state index is 12.3. The van der Waals surface area contributed by atoms with E-state index in [1.165, 1.54) is 5.56 Å². The molecule has 7 nitrogen and oxygen atoms in total. The van der Waals surface area contributed by atoms with Gasteiger partial charge < -0.3 is 9.80 Å². The number of anilines is 2. The molecule has 26 heavy (non-hydrogen) atoms. The van der Waals surface area contributed by atoms with E-state index in [0.29, 0.717) is 5.65 Å². The minimum atomic E-state index is -0.0484. The number of rotatable bonds is 3. The first-order valence-electron chi connectivity index (χ1n) is 8.96. The number of hydrogen-bond donors (Lipinski definition) is 0. The summed E-state index contributed by atoms with van der Waals surface area (Å²) < 4.78 is 1.57. The van der Waals surface area contributed by atoms with Crippen molar-refractivity contribution in [1.82, 2.24) is 19.4 Å². The first-order chi connectivity index (χ1) is 12.7. The average molecular weight is 350 g/mol. The number of aromatic nitrogens is 4. The normalized spacial score (nSPS) is 14.8. The zero-order valence-corrected chi connectivity index (χ0v) is 15.1. The third-order valence-electron chi connectivity index (χ3n) is 4.95. The SMILES string of the molecule is CCc1c(C)ncnc1N1CCN(c2cc(=O)n3ccccc3n2)CC1. The summed E-state index contributed by atoms with van der Waals surface area (Å²) in [6.07, 6.45) is 4.31. The molecule has 134 valence electrons. The molecule has 0 bridgehead atoms. The van der Waals surface area contributed by atoms with Crippen molar-refractivity contribution in [2.75, 3.05) is 36.0 Å². The predicted octanol–water partition coefficient (Wildman–Crippen LogP) is 1.68. The molecule has 0 saturated carbocycles. The van der Waals surface area contributed by atoms with Gasteiger partial charge in [-0.1, -0.05) is 13.0 Å². The topological polar surface area (TPSA) is 66.6 Å². The summed E-state index contributed by atoms with van der Waals surface area (Å²) in [5.41, 5.74) is 2.89. The molecular weight excluding hydrogens is 328 g/mol. The minimum absolute atomic E-state index is 0.0484. The van der Waals surface area contributed by atoms with Crippen molar-refractivity contribution in [1.29, 1.82) is 0 Å². The van der Waals surface area contributed by atoms with Crippen molar-refractivity contribution in [3.8, 4) is 0 Å². The van der Waals surface area contributed by atoms with Crippen LogP contribution in [0, 0.1) is 6.92 Å². The second-order valence-corrected chi connectivity index (χ2v) is 6.47. The van der Waals surface area contributed by atoms with Gasteiger partial charge in [0, 0.05) is 49.7 Å². The summed E-state index contributed by atoms with van der Waals surface area (Å²) in [5, 5.41) is 0. The number of pyridine rings is 1. The molecule has 3 aromatic rings. The predicted molar refractivity (Wildman–Crippen MR) is 102 cm³/mol.